The maximum Gasteiger partial charge on any atom is 0.225 e. The Morgan fingerprint density at radius 3 is 2.45 bits per heavy atom. The van der Waals surface area contributed by atoms with Crippen LogP contribution in [0.2, 0.25) is 10.0 Å². The predicted molar refractivity (Wildman–Crippen MR) is 88.8 cm³/mol. The number of rotatable bonds is 2. The summed E-state index contributed by atoms with van der Waals surface area (Å²) in [7, 11) is 0. The Morgan fingerprint density at radius 2 is 1.77 bits per heavy atom. The van der Waals surface area contributed by atoms with Crippen molar-refractivity contribution in [2.45, 2.75) is 12.8 Å². The van der Waals surface area contributed by atoms with Crippen LogP contribution in [0.25, 0.3) is 0 Å². The summed E-state index contributed by atoms with van der Waals surface area (Å²) in [5.41, 5.74) is 0.951. The van der Waals surface area contributed by atoms with E-state index in [1.807, 2.05) is 17.0 Å². The molecule has 0 bridgehead atoms. The average Bonchev–Trinajstić information content (AvgIpc) is 2.57. The van der Waals surface area contributed by atoms with Crippen LogP contribution < -0.4 is 4.90 Å². The van der Waals surface area contributed by atoms with Crippen LogP contribution in [0.5, 0.6) is 0 Å². The molecule has 0 spiro atoms. The molecule has 0 aromatic heterocycles. The van der Waals surface area contributed by atoms with Gasteiger partial charge in [0.15, 0.2) is 0 Å². The minimum atomic E-state index is 0.134. The second-order valence-corrected chi connectivity index (χ2v) is 6.64. The minimum Gasteiger partial charge on any atom is -0.381 e. The fourth-order valence-electron chi connectivity index (χ4n) is 3.10. The number of halogens is 2. The Bertz CT molecular complexity index is 539. The van der Waals surface area contributed by atoms with Crippen molar-refractivity contribution in [2.24, 2.45) is 5.92 Å². The van der Waals surface area contributed by atoms with Crippen molar-refractivity contribution in [1.29, 1.82) is 0 Å². The fraction of sp³-hybridized carbons (Fsp3) is 0.562. The smallest absolute Gasteiger partial charge is 0.225 e. The number of anilines is 1. The fourth-order valence-corrected chi connectivity index (χ4v) is 3.50. The van der Waals surface area contributed by atoms with E-state index in [4.69, 9.17) is 27.9 Å². The van der Waals surface area contributed by atoms with Crippen LogP contribution >= 0.6 is 23.2 Å². The van der Waals surface area contributed by atoms with Crippen LogP contribution in [0.4, 0.5) is 5.69 Å². The van der Waals surface area contributed by atoms with Gasteiger partial charge in [0.25, 0.3) is 0 Å². The van der Waals surface area contributed by atoms with Gasteiger partial charge in [-0.25, -0.2) is 0 Å². The van der Waals surface area contributed by atoms with Crippen molar-refractivity contribution in [3.05, 3.63) is 28.2 Å². The lowest BCUT2D eigenvalue weighted by Gasteiger charge is -2.38. The molecule has 0 saturated carbocycles. The molecular formula is C16H20Cl2N2O2. The lowest BCUT2D eigenvalue weighted by molar-refractivity contribution is -0.138. The number of amides is 1. The van der Waals surface area contributed by atoms with Crippen LogP contribution in [0.3, 0.4) is 0 Å². The van der Waals surface area contributed by atoms with E-state index in [1.165, 1.54) is 0 Å². The summed E-state index contributed by atoms with van der Waals surface area (Å²) in [4.78, 5) is 16.7. The first-order valence-electron chi connectivity index (χ1n) is 7.71. The monoisotopic (exact) mass is 342 g/mol. The molecule has 2 fully saturated rings. The number of carbonyl (C=O) groups excluding carboxylic acids is 1. The van der Waals surface area contributed by atoms with Gasteiger partial charge < -0.3 is 14.5 Å². The molecule has 1 aromatic rings. The molecule has 120 valence electrons. The van der Waals surface area contributed by atoms with Crippen molar-refractivity contribution in [3.63, 3.8) is 0 Å². The van der Waals surface area contributed by atoms with E-state index in [0.717, 1.165) is 44.7 Å². The third-order valence-corrected chi connectivity index (χ3v) is 4.97. The summed E-state index contributed by atoms with van der Waals surface area (Å²) in [6, 6.07) is 5.50. The molecule has 2 aliphatic rings. The number of ether oxygens (including phenoxy) is 1. The molecule has 1 amide bonds. The Hall–Kier alpha value is -0.970. The number of carbonyl (C=O) groups is 1. The van der Waals surface area contributed by atoms with Gasteiger partial charge in [0.1, 0.15) is 0 Å². The lowest BCUT2D eigenvalue weighted by Crippen LogP contribution is -2.51. The molecule has 6 heteroatoms. The molecule has 2 aliphatic heterocycles. The zero-order valence-corrected chi connectivity index (χ0v) is 13.9. The van der Waals surface area contributed by atoms with E-state index in [1.54, 1.807) is 6.07 Å². The predicted octanol–water partition coefficient (Wildman–Crippen LogP) is 3.07. The van der Waals surface area contributed by atoms with Crippen molar-refractivity contribution in [3.8, 4) is 0 Å². The molecular weight excluding hydrogens is 323 g/mol. The third-order valence-electron chi connectivity index (χ3n) is 4.41. The van der Waals surface area contributed by atoms with E-state index < -0.39 is 0 Å². The van der Waals surface area contributed by atoms with Gasteiger partial charge in [-0.1, -0.05) is 23.2 Å². The number of piperazine rings is 1. The van der Waals surface area contributed by atoms with E-state index >= 15 is 0 Å². The summed E-state index contributed by atoms with van der Waals surface area (Å²) < 4.78 is 5.33. The first-order valence-corrected chi connectivity index (χ1v) is 8.47. The molecule has 1 aromatic carbocycles. The molecule has 2 heterocycles. The van der Waals surface area contributed by atoms with Gasteiger partial charge >= 0.3 is 0 Å². The normalized spacial score (nSPS) is 20.3. The maximum atomic E-state index is 12.5. The third kappa shape index (κ3) is 3.50. The van der Waals surface area contributed by atoms with Crippen molar-refractivity contribution in [1.82, 2.24) is 4.90 Å². The second-order valence-electron chi connectivity index (χ2n) is 5.79. The van der Waals surface area contributed by atoms with Crippen LogP contribution in [0.1, 0.15) is 12.8 Å². The highest BCUT2D eigenvalue weighted by atomic mass is 35.5. The van der Waals surface area contributed by atoms with Crippen LogP contribution in [-0.2, 0) is 9.53 Å². The number of hydrogen-bond donors (Lipinski definition) is 0. The van der Waals surface area contributed by atoms with Gasteiger partial charge in [-0.3, -0.25) is 4.79 Å². The Balaban J connectivity index is 1.60. The molecule has 3 rings (SSSR count). The van der Waals surface area contributed by atoms with Gasteiger partial charge in [0.2, 0.25) is 5.91 Å². The van der Waals surface area contributed by atoms with Gasteiger partial charge in [-0.2, -0.15) is 0 Å². The minimum absolute atomic E-state index is 0.134. The van der Waals surface area contributed by atoms with Crippen LogP contribution in [0.15, 0.2) is 18.2 Å². The molecule has 0 atom stereocenters. The Morgan fingerprint density at radius 1 is 1.09 bits per heavy atom. The standard InChI is InChI=1S/C16H20Cl2N2O2/c17-13-1-2-14(18)15(11-13)19-5-7-20(8-6-19)16(21)12-3-9-22-10-4-12/h1-2,11-12H,3-10H2. The average molecular weight is 343 g/mol. The van der Waals surface area contributed by atoms with Crippen LogP contribution in [0, 0.1) is 5.92 Å². The summed E-state index contributed by atoms with van der Waals surface area (Å²) in [6.45, 7) is 4.45. The zero-order chi connectivity index (χ0) is 15.5. The van der Waals surface area contributed by atoms with Gasteiger partial charge in [0.05, 0.1) is 10.7 Å². The Labute approximate surface area is 140 Å². The first kappa shape index (κ1) is 15.9. The molecule has 22 heavy (non-hydrogen) atoms. The number of hydrogen-bond acceptors (Lipinski definition) is 3. The van der Waals surface area contributed by atoms with E-state index in [0.29, 0.717) is 23.3 Å². The summed E-state index contributed by atoms with van der Waals surface area (Å²) in [6.07, 6.45) is 1.69. The van der Waals surface area contributed by atoms with Gasteiger partial charge in [-0.05, 0) is 31.0 Å². The first-order chi connectivity index (χ1) is 10.6. The number of nitrogens with zero attached hydrogens (tertiary/aromatic N) is 2. The number of benzene rings is 1. The van der Waals surface area contributed by atoms with Crippen molar-refractivity contribution < 1.29 is 9.53 Å². The summed E-state index contributed by atoms with van der Waals surface area (Å²) in [5, 5.41) is 1.38. The SMILES string of the molecule is O=C(C1CCOCC1)N1CCN(c2cc(Cl)ccc2Cl)CC1. The summed E-state index contributed by atoms with van der Waals surface area (Å²) >= 11 is 12.3. The van der Waals surface area contributed by atoms with Crippen molar-refractivity contribution >= 4 is 34.8 Å². The second kappa shape index (κ2) is 7.07. The largest absolute Gasteiger partial charge is 0.381 e. The molecule has 0 aliphatic carbocycles. The molecule has 0 N–H and O–H groups in total. The van der Waals surface area contributed by atoms with E-state index in [9.17, 15) is 4.79 Å². The van der Waals surface area contributed by atoms with E-state index in [-0.39, 0.29) is 11.8 Å². The maximum absolute atomic E-state index is 12.5. The van der Waals surface area contributed by atoms with Gasteiger partial charge in [-0.15, -0.1) is 0 Å². The topological polar surface area (TPSA) is 32.8 Å². The zero-order valence-electron chi connectivity index (χ0n) is 12.4. The van der Waals surface area contributed by atoms with Crippen molar-refractivity contribution in [2.75, 3.05) is 44.3 Å². The van der Waals surface area contributed by atoms with Crippen LogP contribution in [-0.4, -0.2) is 50.2 Å². The quantitative estimate of drug-likeness (QED) is 0.827. The highest BCUT2D eigenvalue weighted by Gasteiger charge is 2.29. The molecule has 2 saturated heterocycles. The molecule has 4 nitrogen and oxygen atoms in total. The van der Waals surface area contributed by atoms with E-state index in [2.05, 4.69) is 4.90 Å². The highest BCUT2D eigenvalue weighted by Crippen LogP contribution is 2.30. The Kier molecular flexibility index (Phi) is 5.11. The van der Waals surface area contributed by atoms with Gasteiger partial charge in [0, 0.05) is 50.3 Å². The molecule has 0 unspecified atom stereocenters. The molecule has 0 radical (unpaired) electrons. The lowest BCUT2D eigenvalue weighted by atomic mass is 9.98. The summed E-state index contributed by atoms with van der Waals surface area (Å²) in [5.74, 6) is 0.412. The highest BCUT2D eigenvalue weighted by molar-refractivity contribution is 6.35.